The van der Waals surface area contributed by atoms with E-state index in [1.807, 2.05) is 6.92 Å². The van der Waals surface area contributed by atoms with E-state index in [0.29, 0.717) is 28.1 Å². The van der Waals surface area contributed by atoms with Crippen LogP contribution in [0.3, 0.4) is 0 Å². The Morgan fingerprint density at radius 2 is 1.96 bits per heavy atom. The van der Waals surface area contributed by atoms with Crippen LogP contribution in [-0.4, -0.2) is 17.0 Å². The van der Waals surface area contributed by atoms with Crippen molar-refractivity contribution in [1.29, 1.82) is 5.41 Å². The molecular weight excluding hydrogens is 375 g/mol. The highest BCUT2D eigenvalue weighted by Crippen LogP contribution is 2.30. The third-order valence-corrected chi connectivity index (χ3v) is 4.65. The van der Waals surface area contributed by atoms with Crippen LogP contribution in [0.4, 0.5) is 15.8 Å². The van der Waals surface area contributed by atoms with Gasteiger partial charge in [-0.05, 0) is 55.5 Å². The van der Waals surface area contributed by atoms with Crippen LogP contribution in [-0.2, 0) is 0 Å². The number of nitrogens with one attached hydrogen (secondary N) is 2. The summed E-state index contributed by atoms with van der Waals surface area (Å²) in [6, 6.07) is 12.8. The van der Waals surface area contributed by atoms with Crippen LogP contribution in [0.5, 0.6) is 5.75 Å². The van der Waals surface area contributed by atoms with Gasteiger partial charge in [-0.2, -0.15) is 0 Å². The maximum atomic E-state index is 13.2. The van der Waals surface area contributed by atoms with E-state index in [9.17, 15) is 4.39 Å². The second-order valence-electron chi connectivity index (χ2n) is 5.41. The summed E-state index contributed by atoms with van der Waals surface area (Å²) in [5, 5.41) is 11.8. The predicted octanol–water partition coefficient (Wildman–Crippen LogP) is 4.79. The number of aliphatic imine (C=N–C) groups is 1. The van der Waals surface area contributed by atoms with Crippen LogP contribution >= 0.6 is 23.1 Å². The van der Waals surface area contributed by atoms with Gasteiger partial charge in [-0.3, -0.25) is 5.41 Å². The van der Waals surface area contributed by atoms with Crippen LogP contribution in [0.2, 0.25) is 5.02 Å². The van der Waals surface area contributed by atoms with Gasteiger partial charge < -0.3 is 10.1 Å². The van der Waals surface area contributed by atoms with Gasteiger partial charge in [0.1, 0.15) is 22.7 Å². The number of benzene rings is 2. The standard InChI is InChI=1S/C18H16ClFN4OS/c1-11-9-17(21)24(26-11)18(22-14-6-4-13(20)5-7-14)23-15-10-12(19)3-8-16(15)25-2/h3-10,21H,1-2H3,(H,22,23). The Morgan fingerprint density at radius 1 is 1.23 bits per heavy atom. The second-order valence-corrected chi connectivity index (χ2v) is 7.04. The number of halogens is 2. The molecule has 26 heavy (non-hydrogen) atoms. The third-order valence-electron chi connectivity index (χ3n) is 3.45. The van der Waals surface area contributed by atoms with E-state index in [2.05, 4.69) is 10.3 Å². The molecule has 0 aliphatic carbocycles. The molecule has 0 saturated heterocycles. The van der Waals surface area contributed by atoms with Gasteiger partial charge in [0.25, 0.3) is 0 Å². The molecule has 0 spiro atoms. The van der Waals surface area contributed by atoms with Gasteiger partial charge in [0.05, 0.1) is 7.11 Å². The molecule has 8 heteroatoms. The van der Waals surface area contributed by atoms with E-state index >= 15 is 0 Å². The first-order valence-corrected chi connectivity index (χ1v) is 8.81. The zero-order valence-electron chi connectivity index (χ0n) is 14.1. The molecule has 3 rings (SSSR count). The number of rotatable bonds is 3. The first-order chi connectivity index (χ1) is 12.5. The molecule has 0 aliphatic rings. The predicted molar refractivity (Wildman–Crippen MR) is 103 cm³/mol. The molecule has 0 unspecified atom stereocenters. The highest BCUT2D eigenvalue weighted by atomic mass is 35.5. The zero-order chi connectivity index (χ0) is 18.7. The fourth-order valence-corrected chi connectivity index (χ4v) is 3.22. The van der Waals surface area contributed by atoms with Crippen molar-refractivity contribution in [3.8, 4) is 5.75 Å². The van der Waals surface area contributed by atoms with E-state index in [1.165, 1.54) is 23.7 Å². The Labute approximate surface area is 159 Å². The molecule has 0 radical (unpaired) electrons. The molecule has 1 heterocycles. The third kappa shape index (κ3) is 4.12. The van der Waals surface area contributed by atoms with Gasteiger partial charge in [-0.25, -0.2) is 13.3 Å². The molecule has 5 nitrogen and oxygen atoms in total. The van der Waals surface area contributed by atoms with Crippen LogP contribution in [0.25, 0.3) is 0 Å². The van der Waals surface area contributed by atoms with Crippen molar-refractivity contribution in [2.24, 2.45) is 4.99 Å². The minimum atomic E-state index is -0.327. The molecule has 0 aliphatic heterocycles. The van der Waals surface area contributed by atoms with Gasteiger partial charge in [-0.15, -0.1) is 0 Å². The van der Waals surface area contributed by atoms with Gasteiger partial charge in [0, 0.05) is 15.6 Å². The van der Waals surface area contributed by atoms with Crippen molar-refractivity contribution >= 4 is 40.5 Å². The summed E-state index contributed by atoms with van der Waals surface area (Å²) in [7, 11) is 1.55. The van der Waals surface area contributed by atoms with Crippen molar-refractivity contribution in [2.75, 3.05) is 12.4 Å². The van der Waals surface area contributed by atoms with Crippen molar-refractivity contribution in [2.45, 2.75) is 6.92 Å². The number of aromatic nitrogens is 1. The van der Waals surface area contributed by atoms with Crippen LogP contribution < -0.4 is 15.5 Å². The number of hydrogen-bond donors (Lipinski definition) is 2. The summed E-state index contributed by atoms with van der Waals surface area (Å²) in [6.45, 7) is 1.91. The molecule has 3 aromatic rings. The molecule has 2 aromatic carbocycles. The van der Waals surface area contributed by atoms with Crippen molar-refractivity contribution in [3.05, 3.63) is 69.7 Å². The summed E-state index contributed by atoms with van der Waals surface area (Å²) in [4.78, 5) is 5.57. The summed E-state index contributed by atoms with van der Waals surface area (Å²) >= 11 is 7.46. The first kappa shape index (κ1) is 18.2. The summed E-state index contributed by atoms with van der Waals surface area (Å²) in [5.74, 6) is 0.611. The van der Waals surface area contributed by atoms with E-state index < -0.39 is 0 Å². The molecule has 134 valence electrons. The average molecular weight is 391 g/mol. The topological polar surface area (TPSA) is 62.4 Å². The van der Waals surface area contributed by atoms with Crippen molar-refractivity contribution in [1.82, 2.24) is 3.96 Å². The van der Waals surface area contributed by atoms with Crippen LogP contribution in [0, 0.1) is 18.2 Å². The largest absolute Gasteiger partial charge is 0.494 e. The molecule has 1 aromatic heterocycles. The SMILES string of the molecule is COc1ccc(Cl)cc1N=C(Nc1ccc(F)cc1)n1sc(C)cc1=N. The Kier molecular flexibility index (Phi) is 5.39. The fraction of sp³-hybridized carbons (Fsp3) is 0.111. The second kappa shape index (κ2) is 7.72. The number of nitrogens with zero attached hydrogens (tertiary/aromatic N) is 2. The van der Waals surface area contributed by atoms with Gasteiger partial charge in [-0.1, -0.05) is 23.1 Å². The minimum absolute atomic E-state index is 0.279. The zero-order valence-corrected chi connectivity index (χ0v) is 15.7. The molecule has 0 atom stereocenters. The van der Waals surface area contributed by atoms with E-state index in [4.69, 9.17) is 21.7 Å². The maximum absolute atomic E-state index is 13.2. The van der Waals surface area contributed by atoms with Gasteiger partial charge in [0.15, 0.2) is 0 Å². The lowest BCUT2D eigenvalue weighted by Crippen LogP contribution is -2.28. The summed E-state index contributed by atoms with van der Waals surface area (Å²) < 4.78 is 20.2. The molecule has 0 amide bonds. The minimum Gasteiger partial charge on any atom is -0.494 e. The summed E-state index contributed by atoms with van der Waals surface area (Å²) in [5.41, 5.74) is 1.44. The fourth-order valence-electron chi connectivity index (χ4n) is 2.28. The van der Waals surface area contributed by atoms with Gasteiger partial charge in [0.2, 0.25) is 5.96 Å². The normalized spacial score (nSPS) is 11.5. The average Bonchev–Trinajstić information content (AvgIpc) is 2.95. The quantitative estimate of drug-likeness (QED) is 0.499. The monoisotopic (exact) mass is 390 g/mol. The lowest BCUT2D eigenvalue weighted by atomic mass is 10.3. The summed E-state index contributed by atoms with van der Waals surface area (Å²) in [6.07, 6.45) is 0. The van der Waals surface area contributed by atoms with E-state index in [-0.39, 0.29) is 11.3 Å². The smallest absolute Gasteiger partial charge is 0.223 e. The van der Waals surface area contributed by atoms with Gasteiger partial charge >= 0.3 is 0 Å². The Hall–Kier alpha value is -2.64. The Balaban J connectivity index is 2.11. The Morgan fingerprint density at radius 3 is 2.58 bits per heavy atom. The lowest BCUT2D eigenvalue weighted by molar-refractivity contribution is 0.416. The number of hydrogen-bond acceptors (Lipinski definition) is 4. The number of aryl methyl sites for hydroxylation is 1. The molecule has 0 saturated carbocycles. The van der Waals surface area contributed by atoms with Crippen LogP contribution in [0.15, 0.2) is 53.5 Å². The highest BCUT2D eigenvalue weighted by molar-refractivity contribution is 7.07. The molecular formula is C18H16ClFN4OS. The molecule has 2 N–H and O–H groups in total. The van der Waals surface area contributed by atoms with Crippen molar-refractivity contribution in [3.63, 3.8) is 0 Å². The Bertz CT molecular complexity index is 1010. The maximum Gasteiger partial charge on any atom is 0.223 e. The van der Waals surface area contributed by atoms with E-state index in [1.54, 1.807) is 47.5 Å². The lowest BCUT2D eigenvalue weighted by Gasteiger charge is -2.12. The molecule has 0 fully saturated rings. The number of anilines is 1. The van der Waals surface area contributed by atoms with E-state index in [0.717, 1.165) is 4.88 Å². The highest BCUT2D eigenvalue weighted by Gasteiger charge is 2.11. The van der Waals surface area contributed by atoms with Crippen LogP contribution in [0.1, 0.15) is 4.88 Å². The number of methoxy groups -OCH3 is 1. The molecule has 0 bridgehead atoms. The number of ether oxygens (including phenoxy) is 1. The first-order valence-electron chi connectivity index (χ1n) is 7.66. The van der Waals surface area contributed by atoms with Crippen molar-refractivity contribution < 1.29 is 9.13 Å².